The highest BCUT2D eigenvalue weighted by molar-refractivity contribution is 7.80. The number of pyridine rings is 1. The van der Waals surface area contributed by atoms with Crippen LogP contribution in [0.4, 0.5) is 5.69 Å². The minimum atomic E-state index is -1.00. The number of anilines is 1. The first-order valence-corrected chi connectivity index (χ1v) is 11.2. The summed E-state index contributed by atoms with van der Waals surface area (Å²) in [6.45, 7) is 0. The number of thiocarbonyl (C=S) groups is 1. The van der Waals surface area contributed by atoms with Crippen molar-refractivity contribution in [2.75, 3.05) is 4.90 Å². The molecule has 170 valence electrons. The van der Waals surface area contributed by atoms with Crippen LogP contribution in [-0.4, -0.2) is 30.8 Å². The van der Waals surface area contributed by atoms with Gasteiger partial charge >= 0.3 is 5.97 Å². The van der Waals surface area contributed by atoms with Crippen LogP contribution in [0.3, 0.4) is 0 Å². The lowest BCUT2D eigenvalue weighted by atomic mass is 10.0. The third-order valence-electron chi connectivity index (χ3n) is 5.75. The lowest BCUT2D eigenvalue weighted by molar-refractivity contribution is 0.0697. The average molecular weight is 491 g/mol. The predicted octanol–water partition coefficient (Wildman–Crippen LogP) is 5.11. The van der Waals surface area contributed by atoms with E-state index in [1.54, 1.807) is 36.5 Å². The Kier molecular flexibility index (Phi) is 5.69. The molecule has 2 aromatic heterocycles. The van der Waals surface area contributed by atoms with Crippen LogP contribution in [-0.2, 0) is 0 Å². The van der Waals surface area contributed by atoms with Crippen molar-refractivity contribution in [1.29, 1.82) is 0 Å². The zero-order valence-corrected chi connectivity index (χ0v) is 19.2. The van der Waals surface area contributed by atoms with Gasteiger partial charge in [0.15, 0.2) is 5.11 Å². The minimum Gasteiger partial charge on any atom is -0.506 e. The molecule has 0 spiro atoms. The quantitative estimate of drug-likeness (QED) is 0.335. The van der Waals surface area contributed by atoms with Gasteiger partial charge in [0, 0.05) is 28.8 Å². The van der Waals surface area contributed by atoms with Gasteiger partial charge in [-0.2, -0.15) is 0 Å². The third-order valence-corrected chi connectivity index (χ3v) is 6.30. The summed E-state index contributed by atoms with van der Waals surface area (Å²) < 4.78 is 1.91. The molecule has 5 rings (SSSR count). The minimum absolute atomic E-state index is 0.0335. The van der Waals surface area contributed by atoms with Gasteiger partial charge in [0.25, 0.3) is 0 Å². The van der Waals surface area contributed by atoms with Crippen molar-refractivity contribution in [3.05, 3.63) is 107 Å². The van der Waals surface area contributed by atoms with Gasteiger partial charge in [0.1, 0.15) is 11.8 Å². The summed E-state index contributed by atoms with van der Waals surface area (Å²) in [4.78, 5) is 17.9. The van der Waals surface area contributed by atoms with Crippen LogP contribution in [0, 0.1) is 0 Å². The second-order valence-corrected chi connectivity index (χ2v) is 8.61. The second kappa shape index (κ2) is 8.81. The molecule has 0 bridgehead atoms. The van der Waals surface area contributed by atoms with Gasteiger partial charge in [0.05, 0.1) is 23.0 Å². The van der Waals surface area contributed by atoms with Crippen LogP contribution in [0.2, 0.25) is 5.02 Å². The Bertz CT molecular complexity index is 1390. The van der Waals surface area contributed by atoms with Gasteiger partial charge in [0.2, 0.25) is 0 Å². The Morgan fingerprint density at radius 3 is 2.68 bits per heavy atom. The Balaban J connectivity index is 1.69. The maximum Gasteiger partial charge on any atom is 0.335 e. The molecule has 1 aliphatic heterocycles. The van der Waals surface area contributed by atoms with Gasteiger partial charge in [-0.25, -0.2) is 4.79 Å². The van der Waals surface area contributed by atoms with Gasteiger partial charge in [-0.3, -0.25) is 4.98 Å². The van der Waals surface area contributed by atoms with E-state index in [0.717, 1.165) is 11.4 Å². The number of nitrogens with one attached hydrogen (secondary N) is 1. The molecule has 0 saturated carbocycles. The van der Waals surface area contributed by atoms with Gasteiger partial charge in [-0.15, -0.1) is 0 Å². The molecule has 3 N–H and O–H groups in total. The van der Waals surface area contributed by atoms with Gasteiger partial charge in [-0.05, 0) is 72.9 Å². The Labute approximate surface area is 205 Å². The van der Waals surface area contributed by atoms with E-state index in [1.807, 2.05) is 52.1 Å². The van der Waals surface area contributed by atoms with Crippen LogP contribution in [0.25, 0.3) is 5.69 Å². The number of carboxylic acids is 1. The third kappa shape index (κ3) is 3.87. The first-order valence-electron chi connectivity index (χ1n) is 10.4. The van der Waals surface area contributed by atoms with Crippen molar-refractivity contribution < 1.29 is 15.0 Å². The van der Waals surface area contributed by atoms with E-state index < -0.39 is 12.0 Å². The van der Waals surface area contributed by atoms with E-state index in [4.69, 9.17) is 23.8 Å². The Morgan fingerprint density at radius 2 is 1.91 bits per heavy atom. The largest absolute Gasteiger partial charge is 0.506 e. The number of halogens is 1. The molecule has 0 amide bonds. The molecule has 0 radical (unpaired) electrons. The molecule has 2 aromatic carbocycles. The Hall–Kier alpha value is -3.88. The molecular formula is C25H19ClN4O3S. The number of phenolic OH excluding ortho intramolecular Hbond substituents is 1. The molecule has 34 heavy (non-hydrogen) atoms. The number of hydrogen-bond donors (Lipinski definition) is 3. The molecule has 7 nitrogen and oxygen atoms in total. The van der Waals surface area contributed by atoms with Crippen molar-refractivity contribution in [1.82, 2.24) is 14.9 Å². The molecule has 2 atom stereocenters. The number of nitrogens with zero attached hydrogens (tertiary/aromatic N) is 3. The highest BCUT2D eigenvalue weighted by Gasteiger charge is 2.43. The number of hydrogen-bond acceptors (Lipinski definition) is 4. The summed E-state index contributed by atoms with van der Waals surface area (Å²) >= 11 is 12.0. The normalized spacial score (nSPS) is 17.6. The fourth-order valence-corrected chi connectivity index (χ4v) is 4.77. The summed E-state index contributed by atoms with van der Waals surface area (Å²) in [5.41, 5.74) is 2.92. The smallest absolute Gasteiger partial charge is 0.335 e. The van der Waals surface area contributed by atoms with Gasteiger partial charge in [-0.1, -0.05) is 23.7 Å². The summed E-state index contributed by atoms with van der Waals surface area (Å²) in [5.74, 6) is -0.970. The van der Waals surface area contributed by atoms with Crippen LogP contribution >= 0.6 is 23.8 Å². The van der Waals surface area contributed by atoms with Crippen LogP contribution in [0.1, 0.15) is 33.8 Å². The highest BCUT2D eigenvalue weighted by Crippen LogP contribution is 2.45. The number of aromatic hydroxyl groups is 1. The van der Waals surface area contributed by atoms with Crippen LogP contribution in [0.15, 0.2) is 85.2 Å². The van der Waals surface area contributed by atoms with Crippen LogP contribution < -0.4 is 10.2 Å². The first-order chi connectivity index (χ1) is 16.4. The monoisotopic (exact) mass is 490 g/mol. The van der Waals surface area contributed by atoms with E-state index in [0.29, 0.717) is 21.5 Å². The van der Waals surface area contributed by atoms with Crippen molar-refractivity contribution in [3.63, 3.8) is 0 Å². The lowest BCUT2D eigenvalue weighted by Crippen LogP contribution is -2.30. The lowest BCUT2D eigenvalue weighted by Gasteiger charge is -2.29. The van der Waals surface area contributed by atoms with Crippen molar-refractivity contribution in [2.24, 2.45) is 0 Å². The number of carbonyl (C=O) groups is 1. The summed E-state index contributed by atoms with van der Waals surface area (Å²) in [6, 6.07) is 20.2. The summed E-state index contributed by atoms with van der Waals surface area (Å²) in [5, 5.41) is 24.4. The van der Waals surface area contributed by atoms with E-state index in [1.165, 1.54) is 6.07 Å². The number of carboxylic acid groups (broad SMARTS) is 1. The standard InChI is InChI=1S/C25H19ClN4O3S/c26-16-9-10-21(31)20(14-16)30-23(22(28-25(30)34)18-7-1-2-11-27-18)19-8-4-12-29(19)17-6-3-5-15(13-17)24(32)33/h1-14,22-23,31H,(H,28,34)(H,32,33)/t22-,23+/m0/s1. The molecule has 0 aliphatic carbocycles. The molecule has 4 aromatic rings. The zero-order valence-electron chi connectivity index (χ0n) is 17.7. The van der Waals surface area contributed by atoms with Crippen molar-refractivity contribution in [3.8, 4) is 11.4 Å². The maximum absolute atomic E-state index is 11.6. The van der Waals surface area contributed by atoms with E-state index in [9.17, 15) is 15.0 Å². The van der Waals surface area contributed by atoms with E-state index in [-0.39, 0.29) is 17.4 Å². The van der Waals surface area contributed by atoms with E-state index in [2.05, 4.69) is 10.3 Å². The van der Waals surface area contributed by atoms with Crippen molar-refractivity contribution >= 4 is 40.6 Å². The fraction of sp³-hybridized carbons (Fsp3) is 0.0800. The molecule has 0 unspecified atom stereocenters. The fourth-order valence-electron chi connectivity index (χ4n) is 4.26. The number of benzene rings is 2. The Morgan fingerprint density at radius 1 is 1.06 bits per heavy atom. The number of rotatable bonds is 5. The topological polar surface area (TPSA) is 90.6 Å². The summed E-state index contributed by atoms with van der Waals surface area (Å²) in [7, 11) is 0. The summed E-state index contributed by atoms with van der Waals surface area (Å²) in [6.07, 6.45) is 3.58. The SMILES string of the molecule is O=C(O)c1cccc(-n2cccc2[C@@H]2[C@H](c3ccccn3)NC(=S)N2c2cc(Cl)ccc2O)c1. The first kappa shape index (κ1) is 21.9. The van der Waals surface area contributed by atoms with E-state index >= 15 is 0 Å². The predicted molar refractivity (Wildman–Crippen MR) is 134 cm³/mol. The number of aromatic nitrogens is 2. The van der Waals surface area contributed by atoms with Gasteiger partial charge < -0.3 is 25.0 Å². The average Bonchev–Trinajstić information content (AvgIpc) is 3.45. The van der Waals surface area contributed by atoms with Crippen LogP contribution in [0.5, 0.6) is 5.75 Å². The number of aromatic carboxylic acids is 1. The molecule has 1 saturated heterocycles. The maximum atomic E-state index is 11.6. The molecular weight excluding hydrogens is 472 g/mol. The van der Waals surface area contributed by atoms with Crippen molar-refractivity contribution in [2.45, 2.75) is 12.1 Å². The molecule has 9 heteroatoms. The second-order valence-electron chi connectivity index (χ2n) is 7.79. The zero-order chi connectivity index (χ0) is 23.8. The molecule has 1 fully saturated rings. The molecule has 3 heterocycles. The molecule has 1 aliphatic rings. The number of phenols is 1. The highest BCUT2D eigenvalue weighted by atomic mass is 35.5.